The molecule has 2 heterocycles. The second-order valence-corrected chi connectivity index (χ2v) is 10.3. The third-order valence-electron chi connectivity index (χ3n) is 4.51. The molecule has 0 bridgehead atoms. The maximum absolute atomic E-state index is 12.7. The maximum atomic E-state index is 12.7. The summed E-state index contributed by atoms with van der Waals surface area (Å²) in [5, 5.41) is 3.99. The van der Waals surface area contributed by atoms with E-state index in [0.29, 0.717) is 32.2 Å². The number of benzene rings is 2. The second kappa shape index (κ2) is 10.3. The Kier molecular flexibility index (Phi) is 7.41. The highest BCUT2D eigenvalue weighted by atomic mass is 35.5. The number of thioether (sulfide) groups is 1. The predicted molar refractivity (Wildman–Crippen MR) is 134 cm³/mol. The largest absolute Gasteiger partial charge is 0.300 e. The summed E-state index contributed by atoms with van der Waals surface area (Å²) in [5.74, 6) is -1.09. The van der Waals surface area contributed by atoms with Gasteiger partial charge in [-0.1, -0.05) is 46.9 Å². The van der Waals surface area contributed by atoms with Gasteiger partial charge >= 0.3 is 0 Å². The van der Waals surface area contributed by atoms with Gasteiger partial charge in [-0.25, -0.2) is 4.98 Å². The van der Waals surface area contributed by atoms with Gasteiger partial charge in [-0.15, -0.1) is 11.3 Å². The van der Waals surface area contributed by atoms with Crippen LogP contribution in [0.2, 0.25) is 15.1 Å². The summed E-state index contributed by atoms with van der Waals surface area (Å²) < 4.78 is 0. The molecule has 168 valence electrons. The molecular formula is C22H14Cl3N3O3S2. The van der Waals surface area contributed by atoms with Crippen LogP contribution in [0.5, 0.6) is 0 Å². The number of halogens is 3. The van der Waals surface area contributed by atoms with Gasteiger partial charge in [0.1, 0.15) is 6.54 Å². The van der Waals surface area contributed by atoms with E-state index in [1.807, 2.05) is 24.3 Å². The molecule has 33 heavy (non-hydrogen) atoms. The monoisotopic (exact) mass is 537 g/mol. The first kappa shape index (κ1) is 23.8. The van der Waals surface area contributed by atoms with E-state index in [1.165, 1.54) is 17.4 Å². The molecule has 6 nitrogen and oxygen atoms in total. The number of rotatable bonds is 6. The Labute approximate surface area is 212 Å². The van der Waals surface area contributed by atoms with Crippen LogP contribution in [0.1, 0.15) is 16.0 Å². The van der Waals surface area contributed by atoms with Crippen LogP contribution in [-0.4, -0.2) is 33.5 Å². The summed E-state index contributed by atoms with van der Waals surface area (Å²) in [7, 11) is 0. The van der Waals surface area contributed by atoms with Crippen LogP contribution in [0.15, 0.2) is 53.6 Å². The number of amides is 3. The summed E-state index contributed by atoms with van der Waals surface area (Å²) in [6.07, 6.45) is 3.80. The van der Waals surface area contributed by atoms with Crippen molar-refractivity contribution in [3.05, 3.63) is 84.6 Å². The predicted octanol–water partition coefficient (Wildman–Crippen LogP) is 6.37. The minimum atomic E-state index is -0.571. The van der Waals surface area contributed by atoms with Gasteiger partial charge in [-0.3, -0.25) is 19.3 Å². The van der Waals surface area contributed by atoms with Crippen LogP contribution in [0.25, 0.3) is 6.08 Å². The van der Waals surface area contributed by atoms with E-state index in [1.54, 1.807) is 24.4 Å². The number of anilines is 1. The molecule has 0 unspecified atom stereocenters. The molecule has 4 rings (SSSR count). The van der Waals surface area contributed by atoms with Gasteiger partial charge in [-0.05, 0) is 59.3 Å². The number of hydrogen-bond donors (Lipinski definition) is 1. The molecule has 11 heteroatoms. The van der Waals surface area contributed by atoms with Crippen LogP contribution < -0.4 is 5.32 Å². The van der Waals surface area contributed by atoms with Crippen LogP contribution in [0.3, 0.4) is 0 Å². The second-order valence-electron chi connectivity index (χ2n) is 6.92. The Morgan fingerprint density at radius 2 is 1.79 bits per heavy atom. The molecular weight excluding hydrogens is 525 g/mol. The Morgan fingerprint density at radius 3 is 2.55 bits per heavy atom. The zero-order valence-electron chi connectivity index (χ0n) is 16.7. The summed E-state index contributed by atoms with van der Waals surface area (Å²) >= 11 is 20.1. The molecule has 0 spiro atoms. The smallest absolute Gasteiger partial charge is 0.294 e. The van der Waals surface area contributed by atoms with Gasteiger partial charge < -0.3 is 5.32 Å². The summed E-state index contributed by atoms with van der Waals surface area (Å²) in [4.78, 5) is 43.6. The van der Waals surface area contributed by atoms with Crippen molar-refractivity contribution >= 4 is 86.2 Å². The number of hydrogen-bond acceptors (Lipinski definition) is 6. The van der Waals surface area contributed by atoms with Crippen molar-refractivity contribution in [2.24, 2.45) is 0 Å². The summed E-state index contributed by atoms with van der Waals surface area (Å²) in [6, 6.07) is 12.3. The van der Waals surface area contributed by atoms with Crippen molar-refractivity contribution in [1.82, 2.24) is 9.88 Å². The average molecular weight is 539 g/mol. The summed E-state index contributed by atoms with van der Waals surface area (Å²) in [5.41, 5.74) is 1.57. The molecule has 1 saturated heterocycles. The molecule has 2 aromatic carbocycles. The number of carbonyl (C=O) groups is 3. The first-order valence-corrected chi connectivity index (χ1v) is 12.2. The van der Waals surface area contributed by atoms with Gasteiger partial charge in [0.05, 0.1) is 4.91 Å². The van der Waals surface area contributed by atoms with Gasteiger partial charge in [-0.2, -0.15) is 0 Å². The van der Waals surface area contributed by atoms with E-state index < -0.39 is 23.6 Å². The fraction of sp³-hybridized carbons (Fsp3) is 0.0909. The van der Waals surface area contributed by atoms with Crippen molar-refractivity contribution in [3.8, 4) is 0 Å². The quantitative estimate of drug-likeness (QED) is 0.369. The molecule has 3 aromatic rings. The molecule has 1 fully saturated rings. The molecule has 1 aliphatic rings. The van der Waals surface area contributed by atoms with Crippen molar-refractivity contribution in [3.63, 3.8) is 0 Å². The van der Waals surface area contributed by atoms with E-state index >= 15 is 0 Å². The number of nitrogens with one attached hydrogen (secondary N) is 1. The minimum absolute atomic E-state index is 0.163. The zero-order chi connectivity index (χ0) is 23.5. The van der Waals surface area contributed by atoms with Crippen molar-refractivity contribution in [2.75, 3.05) is 11.9 Å². The highest BCUT2D eigenvalue weighted by Gasteiger charge is 2.36. The molecule has 3 amide bonds. The maximum Gasteiger partial charge on any atom is 0.294 e. The molecule has 0 saturated carbocycles. The average Bonchev–Trinajstić information content (AvgIpc) is 3.31. The van der Waals surface area contributed by atoms with Crippen LogP contribution in [0, 0.1) is 0 Å². The van der Waals surface area contributed by atoms with Crippen LogP contribution in [-0.2, 0) is 16.0 Å². The Balaban J connectivity index is 1.38. The first-order valence-electron chi connectivity index (χ1n) is 9.48. The normalized spacial score (nSPS) is 14.9. The van der Waals surface area contributed by atoms with Gasteiger partial charge in [0.25, 0.3) is 11.1 Å². The van der Waals surface area contributed by atoms with Crippen molar-refractivity contribution in [1.29, 1.82) is 0 Å². The number of carbonyl (C=O) groups excluding carboxylic acids is 3. The number of nitrogens with zero attached hydrogens (tertiary/aromatic N) is 2. The first-order chi connectivity index (χ1) is 15.8. The third kappa shape index (κ3) is 5.96. The lowest BCUT2D eigenvalue weighted by Crippen LogP contribution is -2.36. The van der Waals surface area contributed by atoms with E-state index in [4.69, 9.17) is 34.8 Å². The lowest BCUT2D eigenvalue weighted by atomic mass is 10.1. The van der Waals surface area contributed by atoms with Gasteiger partial charge in [0, 0.05) is 32.6 Å². The fourth-order valence-corrected chi connectivity index (χ4v) is 5.13. The third-order valence-corrected chi connectivity index (χ3v) is 7.16. The Hall–Kier alpha value is -2.36. The number of imide groups is 1. The number of aromatic nitrogens is 1. The standard InChI is InChI=1S/C22H14Cl3N3O3S2/c23-14-3-1-12(2-4-14)7-16-10-26-21(32-16)27-19(29)11-28-20(30)18(33-22(28)31)9-13-8-15(24)5-6-17(13)25/h1-6,8-10H,7,11H2,(H,26,27,29)/b18-9-. The molecule has 1 N–H and O–H groups in total. The lowest BCUT2D eigenvalue weighted by Gasteiger charge is -2.11. The van der Waals surface area contributed by atoms with E-state index in [0.717, 1.165) is 27.1 Å². The van der Waals surface area contributed by atoms with E-state index in [-0.39, 0.29) is 4.91 Å². The van der Waals surface area contributed by atoms with E-state index in [9.17, 15) is 14.4 Å². The Morgan fingerprint density at radius 1 is 1.06 bits per heavy atom. The lowest BCUT2D eigenvalue weighted by molar-refractivity contribution is -0.127. The van der Waals surface area contributed by atoms with Crippen molar-refractivity contribution in [2.45, 2.75) is 6.42 Å². The number of thiazole rings is 1. The molecule has 1 aromatic heterocycles. The van der Waals surface area contributed by atoms with E-state index in [2.05, 4.69) is 10.3 Å². The highest BCUT2D eigenvalue weighted by molar-refractivity contribution is 8.18. The SMILES string of the molecule is O=C(CN1C(=O)S/C(=C\c2cc(Cl)ccc2Cl)C1=O)Nc1ncc(Cc2ccc(Cl)cc2)s1. The zero-order valence-corrected chi connectivity index (χ0v) is 20.6. The molecule has 0 atom stereocenters. The minimum Gasteiger partial charge on any atom is -0.300 e. The summed E-state index contributed by atoms with van der Waals surface area (Å²) in [6.45, 7) is -0.419. The highest BCUT2D eigenvalue weighted by Crippen LogP contribution is 2.34. The molecule has 1 aliphatic heterocycles. The molecule has 0 aliphatic carbocycles. The van der Waals surface area contributed by atoms with Crippen LogP contribution >= 0.6 is 57.9 Å². The Bertz CT molecular complexity index is 1280. The van der Waals surface area contributed by atoms with Gasteiger partial charge in [0.15, 0.2) is 5.13 Å². The molecule has 0 radical (unpaired) electrons. The van der Waals surface area contributed by atoms with Crippen molar-refractivity contribution < 1.29 is 14.4 Å². The topological polar surface area (TPSA) is 79.4 Å². The van der Waals surface area contributed by atoms with Crippen LogP contribution in [0.4, 0.5) is 9.93 Å². The fourth-order valence-electron chi connectivity index (χ4n) is 2.96. The van der Waals surface area contributed by atoms with Gasteiger partial charge in [0.2, 0.25) is 5.91 Å².